The Bertz CT molecular complexity index is 1140. The standard InChI is InChI=1S/C29H39N5O6/c1-3-18(2)25(34-26(36)21(30)16-19-10-6-4-7-11-19)28(38)32-22(14-15-24(31)35)27(37)33-23(29(39)40)17-20-12-8-5-9-13-20/h4-13,18,21-23,25H,3,14-17,30H2,1-2H3,(H2,31,35)(H,32,38)(H,33,37)(H,34,36)(H,39,40). The summed E-state index contributed by atoms with van der Waals surface area (Å²) in [4.78, 5) is 62.7. The molecule has 40 heavy (non-hydrogen) atoms. The number of primary amides is 1. The van der Waals surface area contributed by atoms with Crippen LogP contribution in [0.1, 0.15) is 44.2 Å². The molecular weight excluding hydrogens is 514 g/mol. The Morgan fingerprint density at radius 3 is 1.80 bits per heavy atom. The van der Waals surface area contributed by atoms with Gasteiger partial charge in [0.05, 0.1) is 6.04 Å². The third-order valence-electron chi connectivity index (χ3n) is 6.64. The summed E-state index contributed by atoms with van der Waals surface area (Å²) in [6.45, 7) is 3.62. The van der Waals surface area contributed by atoms with Crippen LogP contribution >= 0.6 is 0 Å². The number of amides is 4. The van der Waals surface area contributed by atoms with E-state index in [9.17, 15) is 29.1 Å². The summed E-state index contributed by atoms with van der Waals surface area (Å²) in [5.74, 6) is -4.24. The zero-order valence-electron chi connectivity index (χ0n) is 22.8. The number of carbonyl (C=O) groups is 5. The molecule has 0 saturated carbocycles. The van der Waals surface area contributed by atoms with Gasteiger partial charge in [-0.05, 0) is 29.9 Å². The van der Waals surface area contributed by atoms with Gasteiger partial charge in [0.25, 0.3) is 0 Å². The van der Waals surface area contributed by atoms with Crippen LogP contribution in [0.3, 0.4) is 0 Å². The van der Waals surface area contributed by atoms with Gasteiger partial charge < -0.3 is 32.5 Å². The Hall–Kier alpha value is -4.25. The highest BCUT2D eigenvalue weighted by molar-refractivity contribution is 5.94. The van der Waals surface area contributed by atoms with E-state index in [0.717, 1.165) is 5.56 Å². The summed E-state index contributed by atoms with van der Waals surface area (Å²) >= 11 is 0. The van der Waals surface area contributed by atoms with E-state index in [1.165, 1.54) is 0 Å². The molecule has 8 N–H and O–H groups in total. The number of aliphatic carboxylic acids is 1. The van der Waals surface area contributed by atoms with Crippen molar-refractivity contribution in [2.45, 2.75) is 70.1 Å². The van der Waals surface area contributed by atoms with Gasteiger partial charge >= 0.3 is 5.97 Å². The fourth-order valence-electron chi connectivity index (χ4n) is 4.06. The maximum Gasteiger partial charge on any atom is 0.326 e. The van der Waals surface area contributed by atoms with E-state index in [4.69, 9.17) is 11.5 Å². The molecule has 0 aliphatic rings. The monoisotopic (exact) mass is 553 g/mol. The van der Waals surface area contributed by atoms with Crippen LogP contribution in [0.25, 0.3) is 0 Å². The van der Waals surface area contributed by atoms with Crippen molar-refractivity contribution >= 4 is 29.6 Å². The predicted octanol–water partition coefficient (Wildman–Crippen LogP) is 0.650. The second-order valence-electron chi connectivity index (χ2n) is 9.82. The highest BCUT2D eigenvalue weighted by Crippen LogP contribution is 2.11. The summed E-state index contributed by atoms with van der Waals surface area (Å²) < 4.78 is 0. The van der Waals surface area contributed by atoms with Gasteiger partial charge in [-0.1, -0.05) is 80.9 Å². The molecule has 5 atom stereocenters. The fraction of sp³-hybridized carbons (Fsp3) is 0.414. The number of hydrogen-bond donors (Lipinski definition) is 6. The minimum atomic E-state index is -1.27. The van der Waals surface area contributed by atoms with Crippen LogP contribution in [0.4, 0.5) is 0 Å². The van der Waals surface area contributed by atoms with E-state index >= 15 is 0 Å². The van der Waals surface area contributed by atoms with Crippen molar-refractivity contribution in [3.63, 3.8) is 0 Å². The minimum absolute atomic E-state index is 0.0171. The van der Waals surface area contributed by atoms with Gasteiger partial charge in [-0.15, -0.1) is 0 Å². The Morgan fingerprint density at radius 2 is 1.30 bits per heavy atom. The van der Waals surface area contributed by atoms with E-state index < -0.39 is 53.8 Å². The molecule has 216 valence electrons. The first-order valence-electron chi connectivity index (χ1n) is 13.3. The van der Waals surface area contributed by atoms with Crippen molar-refractivity contribution in [3.8, 4) is 0 Å². The Balaban J connectivity index is 2.16. The second kappa shape index (κ2) is 16.0. The molecule has 2 rings (SSSR count). The number of carboxylic acids is 1. The number of carbonyl (C=O) groups excluding carboxylic acids is 4. The van der Waals surface area contributed by atoms with Crippen molar-refractivity contribution in [3.05, 3.63) is 71.8 Å². The van der Waals surface area contributed by atoms with Gasteiger partial charge in [0.15, 0.2) is 0 Å². The summed E-state index contributed by atoms with van der Waals surface area (Å²) in [6, 6.07) is 13.5. The quantitative estimate of drug-likeness (QED) is 0.176. The van der Waals surface area contributed by atoms with Crippen LogP contribution in [0.2, 0.25) is 0 Å². The van der Waals surface area contributed by atoms with E-state index in [2.05, 4.69) is 16.0 Å². The molecule has 2 aromatic carbocycles. The summed E-state index contributed by atoms with van der Waals surface area (Å²) in [7, 11) is 0. The highest BCUT2D eigenvalue weighted by atomic mass is 16.4. The van der Waals surface area contributed by atoms with Crippen LogP contribution in [-0.4, -0.2) is 58.9 Å². The normalized spacial score (nSPS) is 14.6. The van der Waals surface area contributed by atoms with Gasteiger partial charge in [0, 0.05) is 12.8 Å². The van der Waals surface area contributed by atoms with Crippen LogP contribution in [0.5, 0.6) is 0 Å². The molecule has 4 amide bonds. The lowest BCUT2D eigenvalue weighted by molar-refractivity contribution is -0.142. The summed E-state index contributed by atoms with van der Waals surface area (Å²) in [5, 5.41) is 17.4. The number of rotatable bonds is 16. The largest absolute Gasteiger partial charge is 0.480 e. The first kappa shape index (κ1) is 32.0. The molecule has 11 heteroatoms. The molecule has 11 nitrogen and oxygen atoms in total. The van der Waals surface area contributed by atoms with Crippen molar-refractivity contribution in [2.75, 3.05) is 0 Å². The zero-order chi connectivity index (χ0) is 29.7. The van der Waals surface area contributed by atoms with Crippen LogP contribution < -0.4 is 27.4 Å². The highest BCUT2D eigenvalue weighted by Gasteiger charge is 2.32. The molecule has 5 unspecified atom stereocenters. The Labute approximate surface area is 234 Å². The molecule has 0 fully saturated rings. The lowest BCUT2D eigenvalue weighted by Crippen LogP contribution is -2.59. The number of carboxylic acid groups (broad SMARTS) is 1. The first-order chi connectivity index (χ1) is 19.0. The predicted molar refractivity (Wildman–Crippen MR) is 150 cm³/mol. The molecule has 0 saturated heterocycles. The zero-order valence-corrected chi connectivity index (χ0v) is 22.8. The van der Waals surface area contributed by atoms with E-state index in [1.807, 2.05) is 37.3 Å². The first-order valence-corrected chi connectivity index (χ1v) is 13.3. The SMILES string of the molecule is CCC(C)C(NC(=O)C(N)Cc1ccccc1)C(=O)NC(CCC(N)=O)C(=O)NC(Cc1ccccc1)C(=O)O. The fourth-order valence-corrected chi connectivity index (χ4v) is 4.06. The van der Waals surface area contributed by atoms with E-state index in [1.54, 1.807) is 37.3 Å². The second-order valence-corrected chi connectivity index (χ2v) is 9.82. The average Bonchev–Trinajstić information content (AvgIpc) is 2.93. The summed E-state index contributed by atoms with van der Waals surface area (Å²) in [5.41, 5.74) is 12.9. The topological polar surface area (TPSA) is 194 Å². The number of hydrogen-bond acceptors (Lipinski definition) is 6. The van der Waals surface area contributed by atoms with Crippen molar-refractivity contribution in [2.24, 2.45) is 17.4 Å². The van der Waals surface area contributed by atoms with Crippen LogP contribution in [0, 0.1) is 5.92 Å². The third kappa shape index (κ3) is 10.5. The van der Waals surface area contributed by atoms with Gasteiger partial charge in [-0.2, -0.15) is 0 Å². The molecule has 0 aromatic heterocycles. The van der Waals surface area contributed by atoms with Crippen LogP contribution in [0.15, 0.2) is 60.7 Å². The third-order valence-corrected chi connectivity index (χ3v) is 6.64. The maximum absolute atomic E-state index is 13.4. The smallest absolute Gasteiger partial charge is 0.326 e. The minimum Gasteiger partial charge on any atom is -0.480 e. The lowest BCUT2D eigenvalue weighted by Gasteiger charge is -2.28. The van der Waals surface area contributed by atoms with Gasteiger partial charge in [0.2, 0.25) is 23.6 Å². The number of nitrogens with two attached hydrogens (primary N) is 2. The van der Waals surface area contributed by atoms with Gasteiger partial charge in [-0.25, -0.2) is 4.79 Å². The van der Waals surface area contributed by atoms with Gasteiger partial charge in [-0.3, -0.25) is 19.2 Å². The molecule has 0 aliphatic carbocycles. The van der Waals surface area contributed by atoms with Crippen molar-refractivity contribution < 1.29 is 29.1 Å². The van der Waals surface area contributed by atoms with Crippen molar-refractivity contribution in [1.82, 2.24) is 16.0 Å². The number of benzene rings is 2. The summed E-state index contributed by atoms with van der Waals surface area (Å²) in [6.07, 6.45) is 0.436. The van der Waals surface area contributed by atoms with E-state index in [-0.39, 0.29) is 31.6 Å². The Morgan fingerprint density at radius 1 is 0.775 bits per heavy atom. The van der Waals surface area contributed by atoms with Crippen LogP contribution in [-0.2, 0) is 36.8 Å². The molecular formula is C29H39N5O6. The Kier molecular flexibility index (Phi) is 12.8. The average molecular weight is 554 g/mol. The van der Waals surface area contributed by atoms with Gasteiger partial charge in [0.1, 0.15) is 18.1 Å². The molecule has 0 radical (unpaired) electrons. The van der Waals surface area contributed by atoms with E-state index in [0.29, 0.717) is 12.0 Å². The molecule has 0 bridgehead atoms. The maximum atomic E-state index is 13.4. The van der Waals surface area contributed by atoms with Crippen molar-refractivity contribution in [1.29, 1.82) is 0 Å². The molecule has 0 aliphatic heterocycles. The molecule has 0 heterocycles. The lowest BCUT2D eigenvalue weighted by atomic mass is 9.96. The number of nitrogens with one attached hydrogen (secondary N) is 3. The molecule has 2 aromatic rings. The molecule has 0 spiro atoms.